The van der Waals surface area contributed by atoms with Crippen molar-refractivity contribution in [3.8, 4) is 0 Å². The molecule has 22 heavy (non-hydrogen) atoms. The highest BCUT2D eigenvalue weighted by Gasteiger charge is 2.15. The highest BCUT2D eigenvalue weighted by atomic mass is 16.2. The van der Waals surface area contributed by atoms with Gasteiger partial charge >= 0.3 is 0 Å². The third-order valence-corrected chi connectivity index (χ3v) is 3.13. The van der Waals surface area contributed by atoms with Crippen LogP contribution in [-0.4, -0.2) is 22.0 Å². The molecule has 0 atom stereocenters. The SMILES string of the molecule is CC(=O)Nc1ccc2[nH]nc(C(=O)Nc3ccccc3)c2c1. The van der Waals surface area contributed by atoms with Gasteiger partial charge in [0.05, 0.1) is 5.52 Å². The van der Waals surface area contributed by atoms with Gasteiger partial charge in [-0.25, -0.2) is 0 Å². The van der Waals surface area contributed by atoms with Crippen molar-refractivity contribution in [2.75, 3.05) is 10.6 Å². The second-order valence-corrected chi connectivity index (χ2v) is 4.83. The van der Waals surface area contributed by atoms with Crippen LogP contribution < -0.4 is 10.6 Å². The minimum atomic E-state index is -0.308. The van der Waals surface area contributed by atoms with Crippen molar-refractivity contribution in [1.82, 2.24) is 10.2 Å². The van der Waals surface area contributed by atoms with Crippen LogP contribution in [0, 0.1) is 0 Å². The number of hydrogen-bond donors (Lipinski definition) is 3. The van der Waals surface area contributed by atoms with E-state index in [0.29, 0.717) is 16.8 Å². The molecule has 0 saturated carbocycles. The number of nitrogens with one attached hydrogen (secondary N) is 3. The van der Waals surface area contributed by atoms with Crippen LogP contribution in [0.2, 0.25) is 0 Å². The van der Waals surface area contributed by atoms with Crippen molar-refractivity contribution >= 4 is 34.1 Å². The molecule has 0 bridgehead atoms. The van der Waals surface area contributed by atoms with Gasteiger partial charge in [-0.05, 0) is 30.3 Å². The van der Waals surface area contributed by atoms with E-state index in [1.807, 2.05) is 18.2 Å². The average Bonchev–Trinajstić information content (AvgIpc) is 2.91. The number of benzene rings is 2. The van der Waals surface area contributed by atoms with Crippen LogP contribution in [0.25, 0.3) is 10.9 Å². The van der Waals surface area contributed by atoms with Crippen LogP contribution in [0.15, 0.2) is 48.5 Å². The number of nitrogens with zero attached hydrogens (tertiary/aromatic N) is 1. The Balaban J connectivity index is 1.92. The van der Waals surface area contributed by atoms with Gasteiger partial charge in [-0.3, -0.25) is 14.7 Å². The average molecular weight is 294 g/mol. The van der Waals surface area contributed by atoms with Gasteiger partial charge in [-0.15, -0.1) is 0 Å². The molecule has 110 valence electrons. The third-order valence-electron chi connectivity index (χ3n) is 3.13. The molecule has 3 rings (SSSR count). The molecule has 0 radical (unpaired) electrons. The first-order valence-electron chi connectivity index (χ1n) is 6.75. The maximum absolute atomic E-state index is 12.3. The fraction of sp³-hybridized carbons (Fsp3) is 0.0625. The summed E-state index contributed by atoms with van der Waals surface area (Å²) in [5.74, 6) is -0.476. The van der Waals surface area contributed by atoms with Crippen LogP contribution in [0.3, 0.4) is 0 Å². The first-order chi connectivity index (χ1) is 10.6. The molecule has 3 aromatic rings. The number of fused-ring (bicyclic) bond motifs is 1. The monoisotopic (exact) mass is 294 g/mol. The van der Waals surface area contributed by atoms with Gasteiger partial charge in [0, 0.05) is 23.7 Å². The van der Waals surface area contributed by atoms with E-state index in [9.17, 15) is 9.59 Å². The van der Waals surface area contributed by atoms with Crippen LogP contribution in [-0.2, 0) is 4.79 Å². The Labute approximate surface area is 126 Å². The Bertz CT molecular complexity index is 840. The largest absolute Gasteiger partial charge is 0.326 e. The molecule has 1 aromatic heterocycles. The second-order valence-electron chi connectivity index (χ2n) is 4.83. The lowest BCUT2D eigenvalue weighted by atomic mass is 10.1. The first-order valence-corrected chi connectivity index (χ1v) is 6.75. The van der Waals surface area contributed by atoms with Gasteiger partial charge in [0.15, 0.2) is 5.69 Å². The number of rotatable bonds is 3. The first kappa shape index (κ1) is 13.8. The van der Waals surface area contributed by atoms with Gasteiger partial charge in [-0.1, -0.05) is 18.2 Å². The maximum atomic E-state index is 12.3. The molecule has 0 aliphatic carbocycles. The van der Waals surface area contributed by atoms with Gasteiger partial charge < -0.3 is 10.6 Å². The number of carbonyl (C=O) groups is 2. The molecule has 0 saturated heterocycles. The molecule has 0 aliphatic rings. The molecule has 3 N–H and O–H groups in total. The van der Waals surface area contributed by atoms with Crippen molar-refractivity contribution in [3.63, 3.8) is 0 Å². The molecule has 6 nitrogen and oxygen atoms in total. The number of amides is 2. The summed E-state index contributed by atoms with van der Waals surface area (Å²) in [5.41, 5.74) is 2.33. The standard InChI is InChI=1S/C16H14N4O2/c1-10(21)17-12-7-8-14-13(9-12)15(20-19-14)16(22)18-11-5-3-2-4-6-11/h2-9H,1H3,(H,17,21)(H,18,22)(H,19,20). The predicted octanol–water partition coefficient (Wildman–Crippen LogP) is 2.77. The van der Waals surface area contributed by atoms with Crippen LogP contribution >= 0.6 is 0 Å². The predicted molar refractivity (Wildman–Crippen MR) is 84.8 cm³/mol. The summed E-state index contributed by atoms with van der Waals surface area (Å²) < 4.78 is 0. The lowest BCUT2D eigenvalue weighted by molar-refractivity contribution is -0.114. The van der Waals surface area contributed by atoms with Gasteiger partial charge in [0.2, 0.25) is 5.91 Å². The zero-order valence-corrected chi connectivity index (χ0v) is 11.9. The summed E-state index contributed by atoms with van der Waals surface area (Å²) >= 11 is 0. The maximum Gasteiger partial charge on any atom is 0.276 e. The molecule has 0 unspecified atom stereocenters. The van der Waals surface area contributed by atoms with Gasteiger partial charge in [-0.2, -0.15) is 5.10 Å². The van der Waals surface area contributed by atoms with Crippen molar-refractivity contribution in [1.29, 1.82) is 0 Å². The van der Waals surface area contributed by atoms with E-state index in [2.05, 4.69) is 20.8 Å². The fourth-order valence-corrected chi connectivity index (χ4v) is 2.18. The smallest absolute Gasteiger partial charge is 0.276 e. The zero-order valence-electron chi connectivity index (χ0n) is 11.9. The number of anilines is 2. The normalized spacial score (nSPS) is 10.4. The molecular formula is C16H14N4O2. The molecule has 6 heteroatoms. The fourth-order valence-electron chi connectivity index (χ4n) is 2.18. The van der Waals surface area contributed by atoms with Crippen molar-refractivity contribution in [2.24, 2.45) is 0 Å². The number of aromatic nitrogens is 2. The van der Waals surface area contributed by atoms with Gasteiger partial charge in [0.1, 0.15) is 0 Å². The highest BCUT2D eigenvalue weighted by Crippen LogP contribution is 2.21. The Morgan fingerprint density at radius 3 is 2.50 bits per heavy atom. The van der Waals surface area contributed by atoms with Crippen LogP contribution in [0.4, 0.5) is 11.4 Å². The van der Waals surface area contributed by atoms with E-state index in [4.69, 9.17) is 0 Å². The molecule has 1 heterocycles. The summed E-state index contributed by atoms with van der Waals surface area (Å²) in [4.78, 5) is 23.5. The third kappa shape index (κ3) is 2.80. The van der Waals surface area contributed by atoms with Crippen molar-refractivity contribution < 1.29 is 9.59 Å². The molecule has 0 aliphatic heterocycles. The van der Waals surface area contributed by atoms with E-state index in [1.54, 1.807) is 30.3 Å². The summed E-state index contributed by atoms with van der Waals surface area (Å²) in [5, 5.41) is 13.0. The minimum absolute atomic E-state index is 0.168. The zero-order chi connectivity index (χ0) is 15.5. The highest BCUT2D eigenvalue weighted by molar-refractivity contribution is 6.11. The van der Waals surface area contributed by atoms with E-state index in [-0.39, 0.29) is 17.5 Å². The number of hydrogen-bond acceptors (Lipinski definition) is 3. The number of H-pyrrole nitrogens is 1. The Kier molecular flexibility index (Phi) is 3.57. The van der Waals surface area contributed by atoms with Crippen LogP contribution in [0.1, 0.15) is 17.4 Å². The van der Waals surface area contributed by atoms with Gasteiger partial charge in [0.25, 0.3) is 5.91 Å². The van der Waals surface area contributed by atoms with E-state index >= 15 is 0 Å². The number of aromatic amines is 1. The topological polar surface area (TPSA) is 86.9 Å². The lowest BCUT2D eigenvalue weighted by Crippen LogP contribution is -2.12. The molecule has 2 aromatic carbocycles. The number of para-hydroxylation sites is 1. The van der Waals surface area contributed by atoms with Crippen LogP contribution in [0.5, 0.6) is 0 Å². The second kappa shape index (κ2) is 5.69. The Morgan fingerprint density at radius 1 is 1.00 bits per heavy atom. The van der Waals surface area contributed by atoms with E-state index < -0.39 is 0 Å². The summed E-state index contributed by atoms with van der Waals surface area (Å²) in [6.07, 6.45) is 0. The quantitative estimate of drug-likeness (QED) is 0.694. The summed E-state index contributed by atoms with van der Waals surface area (Å²) in [6.45, 7) is 1.43. The minimum Gasteiger partial charge on any atom is -0.326 e. The number of carbonyl (C=O) groups excluding carboxylic acids is 2. The Morgan fingerprint density at radius 2 is 1.77 bits per heavy atom. The van der Waals surface area contributed by atoms with E-state index in [1.165, 1.54) is 6.92 Å². The van der Waals surface area contributed by atoms with Crippen molar-refractivity contribution in [2.45, 2.75) is 6.92 Å². The molecule has 0 fully saturated rings. The lowest BCUT2D eigenvalue weighted by Gasteiger charge is -2.04. The van der Waals surface area contributed by atoms with E-state index in [0.717, 1.165) is 5.52 Å². The summed E-state index contributed by atoms with van der Waals surface area (Å²) in [6, 6.07) is 14.4. The molecule has 0 spiro atoms. The van der Waals surface area contributed by atoms with Crippen molar-refractivity contribution in [3.05, 3.63) is 54.2 Å². The molecular weight excluding hydrogens is 280 g/mol. The Hall–Kier alpha value is -3.15. The molecule has 2 amide bonds. The summed E-state index contributed by atoms with van der Waals surface area (Å²) in [7, 11) is 0.